The van der Waals surface area contributed by atoms with Crippen molar-refractivity contribution < 1.29 is 9.18 Å². The number of hydrogen-bond acceptors (Lipinski definition) is 2. The highest BCUT2D eigenvalue weighted by Gasteiger charge is 2.30. The van der Waals surface area contributed by atoms with Crippen molar-refractivity contribution in [2.75, 3.05) is 11.4 Å². The van der Waals surface area contributed by atoms with Gasteiger partial charge in [0, 0.05) is 30.6 Å². The van der Waals surface area contributed by atoms with Gasteiger partial charge in [0.15, 0.2) is 0 Å². The standard InChI is InChI=1S/C13H16FNO/c1-9-10(2)15(8-7-13(9)16)12-5-3-11(14)4-6-12/h3-6,9-10H,7-8H2,1-2H3. The summed E-state index contributed by atoms with van der Waals surface area (Å²) < 4.78 is 12.8. The highest BCUT2D eigenvalue weighted by atomic mass is 19.1. The zero-order chi connectivity index (χ0) is 11.7. The molecule has 0 radical (unpaired) electrons. The predicted molar refractivity (Wildman–Crippen MR) is 62.0 cm³/mol. The van der Waals surface area contributed by atoms with Gasteiger partial charge in [0.05, 0.1) is 0 Å². The van der Waals surface area contributed by atoms with Crippen LogP contribution in [0, 0.1) is 11.7 Å². The highest BCUT2D eigenvalue weighted by molar-refractivity contribution is 5.84. The second-order valence-corrected chi connectivity index (χ2v) is 4.42. The lowest BCUT2D eigenvalue weighted by molar-refractivity contribution is -0.123. The van der Waals surface area contributed by atoms with Crippen LogP contribution in [-0.4, -0.2) is 18.4 Å². The maximum atomic E-state index is 12.8. The van der Waals surface area contributed by atoms with E-state index in [1.165, 1.54) is 12.1 Å². The van der Waals surface area contributed by atoms with E-state index in [0.29, 0.717) is 12.2 Å². The van der Waals surface area contributed by atoms with Crippen molar-refractivity contribution in [3.05, 3.63) is 30.1 Å². The van der Waals surface area contributed by atoms with E-state index < -0.39 is 0 Å². The molecule has 0 bridgehead atoms. The minimum Gasteiger partial charge on any atom is -0.368 e. The summed E-state index contributed by atoms with van der Waals surface area (Å²) in [5.74, 6) is 0.155. The largest absolute Gasteiger partial charge is 0.368 e. The van der Waals surface area contributed by atoms with Crippen molar-refractivity contribution in [2.45, 2.75) is 26.3 Å². The van der Waals surface area contributed by atoms with Crippen LogP contribution in [-0.2, 0) is 4.79 Å². The molecule has 1 saturated heterocycles. The van der Waals surface area contributed by atoms with E-state index >= 15 is 0 Å². The Kier molecular flexibility index (Phi) is 2.95. The van der Waals surface area contributed by atoms with Gasteiger partial charge in [0.25, 0.3) is 0 Å². The normalized spacial score (nSPS) is 25.9. The van der Waals surface area contributed by atoms with E-state index in [2.05, 4.69) is 4.90 Å². The third-order valence-electron chi connectivity index (χ3n) is 3.48. The van der Waals surface area contributed by atoms with E-state index in [0.717, 1.165) is 12.2 Å². The third-order valence-corrected chi connectivity index (χ3v) is 3.48. The van der Waals surface area contributed by atoms with E-state index in [4.69, 9.17) is 0 Å². The molecule has 3 heteroatoms. The molecule has 1 aliphatic heterocycles. The fourth-order valence-electron chi connectivity index (χ4n) is 2.20. The van der Waals surface area contributed by atoms with Gasteiger partial charge in [-0.3, -0.25) is 4.79 Å². The van der Waals surface area contributed by atoms with Crippen LogP contribution in [0.1, 0.15) is 20.3 Å². The molecule has 0 saturated carbocycles. The van der Waals surface area contributed by atoms with Crippen molar-refractivity contribution in [1.29, 1.82) is 0 Å². The number of nitrogens with zero attached hydrogens (tertiary/aromatic N) is 1. The van der Waals surface area contributed by atoms with Gasteiger partial charge in [-0.1, -0.05) is 6.92 Å². The fraction of sp³-hybridized carbons (Fsp3) is 0.462. The van der Waals surface area contributed by atoms with Crippen LogP contribution in [0.5, 0.6) is 0 Å². The molecule has 0 aromatic heterocycles. The Morgan fingerprint density at radius 2 is 1.88 bits per heavy atom. The molecule has 1 aromatic carbocycles. The second kappa shape index (κ2) is 4.24. The number of piperidine rings is 1. The molecule has 2 nitrogen and oxygen atoms in total. The van der Waals surface area contributed by atoms with Crippen molar-refractivity contribution in [3.63, 3.8) is 0 Å². The van der Waals surface area contributed by atoms with Crippen LogP contribution >= 0.6 is 0 Å². The van der Waals surface area contributed by atoms with E-state index in [1.54, 1.807) is 12.1 Å². The maximum Gasteiger partial charge on any atom is 0.139 e. The summed E-state index contributed by atoms with van der Waals surface area (Å²) in [4.78, 5) is 13.7. The molecule has 0 spiro atoms. The lowest BCUT2D eigenvalue weighted by atomic mass is 9.90. The predicted octanol–water partition coefficient (Wildman–Crippen LogP) is 2.63. The molecule has 86 valence electrons. The smallest absolute Gasteiger partial charge is 0.139 e. The van der Waals surface area contributed by atoms with Crippen molar-refractivity contribution in [1.82, 2.24) is 0 Å². The molecule has 1 fully saturated rings. The Morgan fingerprint density at radius 1 is 1.25 bits per heavy atom. The molecule has 2 unspecified atom stereocenters. The Hall–Kier alpha value is -1.38. The van der Waals surface area contributed by atoms with Crippen LogP contribution in [0.3, 0.4) is 0 Å². The first-order valence-electron chi connectivity index (χ1n) is 5.64. The Balaban J connectivity index is 2.21. The quantitative estimate of drug-likeness (QED) is 0.726. The van der Waals surface area contributed by atoms with Gasteiger partial charge >= 0.3 is 0 Å². The zero-order valence-electron chi connectivity index (χ0n) is 9.61. The van der Waals surface area contributed by atoms with E-state index in [9.17, 15) is 9.18 Å². The van der Waals surface area contributed by atoms with Crippen molar-refractivity contribution in [2.24, 2.45) is 5.92 Å². The Labute approximate surface area is 95.1 Å². The summed E-state index contributed by atoms with van der Waals surface area (Å²) in [6.45, 7) is 4.74. The Bertz CT molecular complexity index is 387. The first-order valence-corrected chi connectivity index (χ1v) is 5.64. The molecular formula is C13H16FNO. The molecule has 1 aliphatic rings. The summed E-state index contributed by atoms with van der Waals surface area (Å²) in [5.41, 5.74) is 0.994. The van der Waals surface area contributed by atoms with Crippen LogP contribution in [0.4, 0.5) is 10.1 Å². The Morgan fingerprint density at radius 3 is 2.50 bits per heavy atom. The number of carbonyl (C=O) groups excluding carboxylic acids is 1. The first kappa shape index (κ1) is 11.1. The minimum atomic E-state index is -0.225. The van der Waals surface area contributed by atoms with Gasteiger partial charge in [0.1, 0.15) is 11.6 Å². The number of Topliss-reactive ketones (excluding diaryl/α,β-unsaturated/α-hetero) is 1. The van der Waals surface area contributed by atoms with Gasteiger partial charge in [-0.15, -0.1) is 0 Å². The number of rotatable bonds is 1. The molecule has 0 N–H and O–H groups in total. The van der Waals surface area contributed by atoms with Gasteiger partial charge in [-0.25, -0.2) is 4.39 Å². The van der Waals surface area contributed by atoms with E-state index in [1.807, 2.05) is 13.8 Å². The number of ketones is 1. The lowest BCUT2D eigenvalue weighted by Crippen LogP contribution is -2.46. The average Bonchev–Trinajstić information content (AvgIpc) is 2.28. The minimum absolute atomic E-state index is 0.0544. The summed E-state index contributed by atoms with van der Waals surface area (Å²) in [6, 6.07) is 6.65. The van der Waals surface area contributed by atoms with Crippen LogP contribution in [0.2, 0.25) is 0 Å². The van der Waals surface area contributed by atoms with Gasteiger partial charge in [0.2, 0.25) is 0 Å². The van der Waals surface area contributed by atoms with Crippen LogP contribution < -0.4 is 4.90 Å². The summed E-state index contributed by atoms with van der Waals surface area (Å²) in [6.07, 6.45) is 0.586. The molecule has 0 aliphatic carbocycles. The first-order chi connectivity index (χ1) is 7.59. The summed E-state index contributed by atoms with van der Waals surface area (Å²) >= 11 is 0. The molecule has 1 aromatic rings. The number of anilines is 1. The zero-order valence-corrected chi connectivity index (χ0v) is 9.61. The van der Waals surface area contributed by atoms with E-state index in [-0.39, 0.29) is 17.8 Å². The lowest BCUT2D eigenvalue weighted by Gasteiger charge is -2.38. The van der Waals surface area contributed by atoms with Crippen LogP contribution in [0.25, 0.3) is 0 Å². The van der Waals surface area contributed by atoms with Crippen LogP contribution in [0.15, 0.2) is 24.3 Å². The molecule has 0 amide bonds. The van der Waals surface area contributed by atoms with Gasteiger partial charge in [-0.05, 0) is 31.2 Å². The monoisotopic (exact) mass is 221 g/mol. The molecule has 2 rings (SSSR count). The van der Waals surface area contributed by atoms with Crippen molar-refractivity contribution >= 4 is 11.5 Å². The topological polar surface area (TPSA) is 20.3 Å². The summed E-state index contributed by atoms with van der Waals surface area (Å²) in [7, 11) is 0. The molecule has 2 atom stereocenters. The highest BCUT2D eigenvalue weighted by Crippen LogP contribution is 2.26. The second-order valence-electron chi connectivity index (χ2n) is 4.42. The molecule has 16 heavy (non-hydrogen) atoms. The SMILES string of the molecule is CC1C(=O)CCN(c2ccc(F)cc2)C1C. The maximum absolute atomic E-state index is 12.8. The van der Waals surface area contributed by atoms with Gasteiger partial charge in [-0.2, -0.15) is 0 Å². The van der Waals surface area contributed by atoms with Gasteiger partial charge < -0.3 is 4.90 Å². The molecular weight excluding hydrogens is 205 g/mol. The number of hydrogen-bond donors (Lipinski definition) is 0. The number of benzene rings is 1. The van der Waals surface area contributed by atoms with Crippen molar-refractivity contribution in [3.8, 4) is 0 Å². The summed E-state index contributed by atoms with van der Waals surface area (Å²) in [5, 5.41) is 0. The fourth-order valence-corrected chi connectivity index (χ4v) is 2.20. The average molecular weight is 221 g/mol. The number of halogens is 1. The molecule has 1 heterocycles. The number of carbonyl (C=O) groups is 1. The third kappa shape index (κ3) is 1.94.